The molecule has 0 atom stereocenters. The summed E-state index contributed by atoms with van der Waals surface area (Å²) in [6.07, 6.45) is 7.62. The second kappa shape index (κ2) is 5.41. The molecule has 3 rings (SSSR count). The SMILES string of the molecule is Cc1c(C=O)c(C2CCOCC2)nc2c1CCCC2. The Bertz CT molecular complexity index is 490. The van der Waals surface area contributed by atoms with Gasteiger partial charge >= 0.3 is 0 Å². The largest absolute Gasteiger partial charge is 0.381 e. The summed E-state index contributed by atoms with van der Waals surface area (Å²) in [5, 5.41) is 0. The van der Waals surface area contributed by atoms with Crippen molar-refractivity contribution in [3.63, 3.8) is 0 Å². The van der Waals surface area contributed by atoms with E-state index >= 15 is 0 Å². The van der Waals surface area contributed by atoms with Gasteiger partial charge in [-0.2, -0.15) is 0 Å². The third-order valence-electron chi connectivity index (χ3n) is 4.55. The zero-order valence-corrected chi connectivity index (χ0v) is 11.6. The molecule has 0 spiro atoms. The van der Waals surface area contributed by atoms with Crippen molar-refractivity contribution in [1.29, 1.82) is 0 Å². The highest BCUT2D eigenvalue weighted by atomic mass is 16.5. The number of ether oxygens (including phenoxy) is 1. The predicted molar refractivity (Wildman–Crippen MR) is 73.8 cm³/mol. The Morgan fingerprint density at radius 2 is 1.95 bits per heavy atom. The Hall–Kier alpha value is -1.22. The summed E-state index contributed by atoms with van der Waals surface area (Å²) < 4.78 is 5.42. The minimum Gasteiger partial charge on any atom is -0.381 e. The summed E-state index contributed by atoms with van der Waals surface area (Å²) in [5.41, 5.74) is 5.66. The van der Waals surface area contributed by atoms with E-state index in [1.165, 1.54) is 29.7 Å². The van der Waals surface area contributed by atoms with Gasteiger partial charge in [-0.15, -0.1) is 0 Å². The molecule has 2 heterocycles. The number of aldehydes is 1. The lowest BCUT2D eigenvalue weighted by Gasteiger charge is -2.26. The number of hydrogen-bond donors (Lipinski definition) is 0. The van der Waals surface area contributed by atoms with Gasteiger partial charge in [-0.25, -0.2) is 0 Å². The molecule has 3 heteroatoms. The van der Waals surface area contributed by atoms with E-state index in [1.807, 2.05) is 0 Å². The average Bonchev–Trinajstić information content (AvgIpc) is 2.48. The first-order valence-corrected chi connectivity index (χ1v) is 7.36. The fourth-order valence-electron chi connectivity index (χ4n) is 3.41. The molecule has 19 heavy (non-hydrogen) atoms. The predicted octanol–water partition coefficient (Wildman–Crippen LogP) is 2.98. The van der Waals surface area contributed by atoms with Crippen LogP contribution in [0.4, 0.5) is 0 Å². The summed E-state index contributed by atoms with van der Waals surface area (Å²) in [5.74, 6) is 0.403. The second-order valence-corrected chi connectivity index (χ2v) is 5.67. The highest BCUT2D eigenvalue weighted by Crippen LogP contribution is 2.33. The van der Waals surface area contributed by atoms with E-state index < -0.39 is 0 Å². The zero-order chi connectivity index (χ0) is 13.2. The van der Waals surface area contributed by atoms with Crippen molar-refractivity contribution in [2.24, 2.45) is 0 Å². The molecule has 2 aliphatic rings. The molecule has 0 saturated carbocycles. The van der Waals surface area contributed by atoms with Crippen molar-refractivity contribution in [1.82, 2.24) is 4.98 Å². The van der Waals surface area contributed by atoms with Crippen LogP contribution >= 0.6 is 0 Å². The molecule has 0 radical (unpaired) electrons. The van der Waals surface area contributed by atoms with E-state index in [9.17, 15) is 4.79 Å². The van der Waals surface area contributed by atoms with Crippen molar-refractivity contribution in [2.45, 2.75) is 51.4 Å². The lowest BCUT2D eigenvalue weighted by Crippen LogP contribution is -2.20. The Kier molecular flexibility index (Phi) is 3.65. The number of pyridine rings is 1. The smallest absolute Gasteiger partial charge is 0.152 e. The number of aryl methyl sites for hydroxylation is 1. The lowest BCUT2D eigenvalue weighted by molar-refractivity contribution is 0.0840. The van der Waals surface area contributed by atoms with Crippen molar-refractivity contribution in [2.75, 3.05) is 13.2 Å². The molecule has 1 saturated heterocycles. The Balaban J connectivity index is 2.07. The second-order valence-electron chi connectivity index (χ2n) is 5.67. The maximum Gasteiger partial charge on any atom is 0.152 e. The Morgan fingerprint density at radius 1 is 1.21 bits per heavy atom. The van der Waals surface area contributed by atoms with Crippen LogP contribution in [0.2, 0.25) is 0 Å². The number of carbonyl (C=O) groups excluding carboxylic acids is 1. The van der Waals surface area contributed by atoms with Gasteiger partial charge in [0.05, 0.1) is 5.69 Å². The topological polar surface area (TPSA) is 39.2 Å². The number of nitrogens with zero attached hydrogens (tertiary/aromatic N) is 1. The molecule has 1 aromatic heterocycles. The van der Waals surface area contributed by atoms with Crippen molar-refractivity contribution in [3.05, 3.63) is 28.1 Å². The third kappa shape index (κ3) is 2.32. The molecule has 0 amide bonds. The van der Waals surface area contributed by atoms with E-state index in [0.29, 0.717) is 5.92 Å². The maximum absolute atomic E-state index is 11.5. The highest BCUT2D eigenvalue weighted by Gasteiger charge is 2.25. The van der Waals surface area contributed by atoms with Gasteiger partial charge in [-0.05, 0) is 56.6 Å². The zero-order valence-electron chi connectivity index (χ0n) is 11.6. The molecule has 102 valence electrons. The Morgan fingerprint density at radius 3 is 2.68 bits per heavy atom. The summed E-state index contributed by atoms with van der Waals surface area (Å²) in [6, 6.07) is 0. The lowest BCUT2D eigenvalue weighted by atomic mass is 9.85. The van der Waals surface area contributed by atoms with E-state index in [1.54, 1.807) is 0 Å². The molecule has 1 fully saturated rings. The van der Waals surface area contributed by atoms with Crippen molar-refractivity contribution >= 4 is 6.29 Å². The van der Waals surface area contributed by atoms with Gasteiger partial charge in [0.15, 0.2) is 6.29 Å². The fourth-order valence-corrected chi connectivity index (χ4v) is 3.41. The molecule has 0 aromatic carbocycles. The van der Waals surface area contributed by atoms with Crippen LogP contribution in [0.1, 0.15) is 64.5 Å². The number of hydrogen-bond acceptors (Lipinski definition) is 3. The molecular formula is C16H21NO2. The number of carbonyl (C=O) groups is 1. The van der Waals surface area contributed by atoms with Crippen LogP contribution in [0.25, 0.3) is 0 Å². The first-order valence-electron chi connectivity index (χ1n) is 7.36. The van der Waals surface area contributed by atoms with E-state index in [0.717, 1.165) is 56.4 Å². The summed E-state index contributed by atoms with van der Waals surface area (Å²) >= 11 is 0. The number of aromatic nitrogens is 1. The molecule has 1 aliphatic carbocycles. The first kappa shape index (κ1) is 12.8. The number of fused-ring (bicyclic) bond motifs is 1. The molecular weight excluding hydrogens is 238 g/mol. The number of rotatable bonds is 2. The van der Waals surface area contributed by atoms with E-state index in [-0.39, 0.29) is 0 Å². The summed E-state index contributed by atoms with van der Waals surface area (Å²) in [6.45, 7) is 3.68. The molecule has 0 unspecified atom stereocenters. The van der Waals surface area contributed by atoms with Gasteiger partial charge in [0.2, 0.25) is 0 Å². The normalized spacial score (nSPS) is 20.1. The van der Waals surface area contributed by atoms with Crippen molar-refractivity contribution in [3.8, 4) is 0 Å². The van der Waals surface area contributed by atoms with Crippen molar-refractivity contribution < 1.29 is 9.53 Å². The van der Waals surface area contributed by atoms with Crippen LogP contribution in [0.5, 0.6) is 0 Å². The van der Waals surface area contributed by atoms with E-state index in [2.05, 4.69) is 6.92 Å². The summed E-state index contributed by atoms with van der Waals surface area (Å²) in [7, 11) is 0. The molecule has 3 nitrogen and oxygen atoms in total. The van der Waals surface area contributed by atoms with Gasteiger partial charge in [0, 0.05) is 30.4 Å². The molecule has 0 bridgehead atoms. The van der Waals surface area contributed by atoms with Gasteiger partial charge in [0.1, 0.15) is 0 Å². The quantitative estimate of drug-likeness (QED) is 0.766. The molecule has 1 aromatic rings. The monoisotopic (exact) mass is 259 g/mol. The minimum absolute atomic E-state index is 0.403. The Labute approximate surface area is 114 Å². The van der Waals surface area contributed by atoms with Gasteiger partial charge < -0.3 is 4.74 Å². The van der Waals surface area contributed by atoms with Gasteiger partial charge in [0.25, 0.3) is 0 Å². The third-order valence-corrected chi connectivity index (χ3v) is 4.55. The highest BCUT2D eigenvalue weighted by molar-refractivity contribution is 5.80. The minimum atomic E-state index is 0.403. The van der Waals surface area contributed by atoms with Crippen LogP contribution in [0.15, 0.2) is 0 Å². The summed E-state index contributed by atoms with van der Waals surface area (Å²) in [4.78, 5) is 16.4. The van der Waals surface area contributed by atoms with Gasteiger partial charge in [-0.3, -0.25) is 9.78 Å². The van der Waals surface area contributed by atoms with E-state index in [4.69, 9.17) is 9.72 Å². The van der Waals surface area contributed by atoms with Crippen LogP contribution in [0, 0.1) is 6.92 Å². The first-order chi connectivity index (χ1) is 9.31. The van der Waals surface area contributed by atoms with Crippen LogP contribution in [-0.2, 0) is 17.6 Å². The van der Waals surface area contributed by atoms with Gasteiger partial charge in [-0.1, -0.05) is 0 Å². The van der Waals surface area contributed by atoms with Crippen LogP contribution < -0.4 is 0 Å². The molecule has 0 N–H and O–H groups in total. The standard InChI is InChI=1S/C16H21NO2/c1-11-13-4-2-3-5-15(13)17-16(14(11)10-18)12-6-8-19-9-7-12/h10,12H,2-9H2,1H3. The van der Waals surface area contributed by atoms with Crippen LogP contribution in [0.3, 0.4) is 0 Å². The fraction of sp³-hybridized carbons (Fsp3) is 0.625. The molecule has 1 aliphatic heterocycles. The maximum atomic E-state index is 11.5. The average molecular weight is 259 g/mol. The van der Waals surface area contributed by atoms with Crippen LogP contribution in [-0.4, -0.2) is 24.5 Å².